The van der Waals surface area contributed by atoms with Crippen molar-refractivity contribution in [1.82, 2.24) is 0 Å². The second kappa shape index (κ2) is 8.13. The van der Waals surface area contributed by atoms with Crippen LogP contribution in [0.15, 0.2) is 66.7 Å². The number of ether oxygens (including phenoxy) is 1. The van der Waals surface area contributed by atoms with Gasteiger partial charge in [-0.25, -0.2) is 0 Å². The highest BCUT2D eigenvalue weighted by molar-refractivity contribution is 6.35. The molecule has 0 radical (unpaired) electrons. The maximum Gasteiger partial charge on any atom is 0.255 e. The van der Waals surface area contributed by atoms with Crippen molar-refractivity contribution in [2.45, 2.75) is 0 Å². The van der Waals surface area contributed by atoms with E-state index in [2.05, 4.69) is 10.6 Å². The van der Waals surface area contributed by atoms with Gasteiger partial charge in [0.2, 0.25) is 0 Å². The number of benzene rings is 3. The summed E-state index contributed by atoms with van der Waals surface area (Å²) < 4.78 is 5.37. The molecule has 0 aliphatic carbocycles. The van der Waals surface area contributed by atoms with Gasteiger partial charge in [0.15, 0.2) is 0 Å². The van der Waals surface area contributed by atoms with Crippen LogP contribution in [-0.2, 0) is 0 Å². The van der Waals surface area contributed by atoms with Gasteiger partial charge in [-0.3, -0.25) is 4.79 Å². The minimum absolute atomic E-state index is 0.217. The topological polar surface area (TPSA) is 50.4 Å². The molecule has 0 atom stereocenters. The highest BCUT2D eigenvalue weighted by Gasteiger charge is 2.11. The first-order chi connectivity index (χ1) is 12.5. The summed E-state index contributed by atoms with van der Waals surface area (Å²) in [7, 11) is 1.56. The molecule has 3 aromatic rings. The molecular formula is C20H16Cl2N2O2. The van der Waals surface area contributed by atoms with Crippen LogP contribution >= 0.6 is 23.2 Å². The summed E-state index contributed by atoms with van der Waals surface area (Å²) in [6.07, 6.45) is 0. The van der Waals surface area contributed by atoms with Crippen LogP contribution in [0.5, 0.6) is 5.75 Å². The number of anilines is 3. The van der Waals surface area contributed by atoms with Crippen molar-refractivity contribution in [1.29, 1.82) is 0 Å². The molecule has 1 amide bonds. The summed E-state index contributed by atoms with van der Waals surface area (Å²) in [4.78, 5) is 12.5. The second-order valence-corrected chi connectivity index (χ2v) is 6.39. The number of hydrogen-bond acceptors (Lipinski definition) is 3. The quantitative estimate of drug-likeness (QED) is 0.565. The number of carbonyl (C=O) groups excluding carboxylic acids is 1. The van der Waals surface area contributed by atoms with E-state index in [0.29, 0.717) is 32.7 Å². The summed E-state index contributed by atoms with van der Waals surface area (Å²) in [5, 5.41) is 7.07. The van der Waals surface area contributed by atoms with Crippen molar-refractivity contribution in [3.05, 3.63) is 82.3 Å². The number of methoxy groups -OCH3 is 1. The molecule has 0 heterocycles. The van der Waals surface area contributed by atoms with Crippen molar-refractivity contribution >= 4 is 46.2 Å². The summed E-state index contributed by atoms with van der Waals surface area (Å²) >= 11 is 12.1. The fourth-order valence-corrected chi connectivity index (χ4v) is 2.98. The fourth-order valence-electron chi connectivity index (χ4n) is 2.45. The monoisotopic (exact) mass is 386 g/mol. The third-order valence-electron chi connectivity index (χ3n) is 3.63. The maximum absolute atomic E-state index is 12.5. The van der Waals surface area contributed by atoms with Crippen LogP contribution in [0.2, 0.25) is 10.0 Å². The molecule has 26 heavy (non-hydrogen) atoms. The van der Waals surface area contributed by atoms with E-state index in [9.17, 15) is 4.79 Å². The number of halogens is 2. The first-order valence-electron chi connectivity index (χ1n) is 7.83. The largest absolute Gasteiger partial charge is 0.495 e. The number of rotatable bonds is 5. The van der Waals surface area contributed by atoms with E-state index in [1.807, 2.05) is 30.3 Å². The van der Waals surface area contributed by atoms with Crippen LogP contribution in [0.1, 0.15) is 10.4 Å². The smallest absolute Gasteiger partial charge is 0.255 e. The minimum Gasteiger partial charge on any atom is -0.495 e. The van der Waals surface area contributed by atoms with Gasteiger partial charge in [-0.05, 0) is 48.5 Å². The number of amides is 1. The van der Waals surface area contributed by atoms with Crippen LogP contribution < -0.4 is 15.4 Å². The Kier molecular flexibility index (Phi) is 5.66. The molecule has 132 valence electrons. The van der Waals surface area contributed by atoms with Crippen molar-refractivity contribution < 1.29 is 9.53 Å². The Bertz CT molecular complexity index is 910. The molecule has 0 bridgehead atoms. The van der Waals surface area contributed by atoms with Crippen molar-refractivity contribution in [2.24, 2.45) is 0 Å². The average molecular weight is 387 g/mol. The van der Waals surface area contributed by atoms with Gasteiger partial charge in [0.05, 0.1) is 12.8 Å². The predicted octanol–water partition coefficient (Wildman–Crippen LogP) is 6.00. The Labute approximate surface area is 161 Å². The Balaban J connectivity index is 1.87. The summed E-state index contributed by atoms with van der Waals surface area (Å²) in [6, 6.07) is 19.5. The van der Waals surface area contributed by atoms with Gasteiger partial charge < -0.3 is 15.4 Å². The van der Waals surface area contributed by atoms with Gasteiger partial charge in [-0.2, -0.15) is 0 Å². The molecule has 0 fully saturated rings. The molecule has 0 saturated carbocycles. The highest BCUT2D eigenvalue weighted by Crippen LogP contribution is 2.31. The summed E-state index contributed by atoms with van der Waals surface area (Å²) in [5.74, 6) is 0.378. The lowest BCUT2D eigenvalue weighted by molar-refractivity contribution is 0.102. The average Bonchev–Trinajstić information content (AvgIpc) is 2.61. The minimum atomic E-state index is -0.217. The number of para-hydroxylation sites is 1. The zero-order valence-electron chi connectivity index (χ0n) is 13.9. The second-order valence-electron chi connectivity index (χ2n) is 5.52. The summed E-state index contributed by atoms with van der Waals surface area (Å²) in [5.41, 5.74) is 2.54. The Hall–Kier alpha value is -2.69. The van der Waals surface area contributed by atoms with Gasteiger partial charge in [0, 0.05) is 27.0 Å². The molecule has 0 unspecified atom stereocenters. The van der Waals surface area contributed by atoms with Gasteiger partial charge in [0.25, 0.3) is 5.91 Å². The van der Waals surface area contributed by atoms with E-state index in [1.165, 1.54) is 0 Å². The fraction of sp³-hybridized carbons (Fsp3) is 0.0500. The van der Waals surface area contributed by atoms with Gasteiger partial charge in [-0.1, -0.05) is 41.4 Å². The van der Waals surface area contributed by atoms with Crippen LogP contribution in [0, 0.1) is 0 Å². The molecule has 0 spiro atoms. The Morgan fingerprint density at radius 2 is 1.58 bits per heavy atom. The molecule has 0 aromatic heterocycles. The first kappa shape index (κ1) is 18.1. The molecule has 0 aliphatic rings. The van der Waals surface area contributed by atoms with Crippen molar-refractivity contribution in [3.63, 3.8) is 0 Å². The standard InChI is InChI=1S/C20H16Cl2N2O2/c1-26-19-8-7-13(20(25)24-16-5-3-2-4-6-16)9-18(19)23-17-11-14(21)10-15(22)12-17/h2-12,23H,1H3,(H,24,25). The highest BCUT2D eigenvalue weighted by atomic mass is 35.5. The number of nitrogens with one attached hydrogen (secondary N) is 2. The van der Waals surface area contributed by atoms with Crippen LogP contribution in [0.4, 0.5) is 17.1 Å². The Morgan fingerprint density at radius 1 is 0.885 bits per heavy atom. The number of hydrogen-bond donors (Lipinski definition) is 2. The zero-order chi connectivity index (χ0) is 18.5. The van der Waals surface area contributed by atoms with Gasteiger partial charge >= 0.3 is 0 Å². The molecular weight excluding hydrogens is 371 g/mol. The first-order valence-corrected chi connectivity index (χ1v) is 8.58. The van der Waals surface area contributed by atoms with Crippen molar-refractivity contribution in [3.8, 4) is 5.75 Å². The lowest BCUT2D eigenvalue weighted by Crippen LogP contribution is -2.12. The molecule has 2 N–H and O–H groups in total. The summed E-state index contributed by atoms with van der Waals surface area (Å²) in [6.45, 7) is 0. The lowest BCUT2D eigenvalue weighted by Gasteiger charge is -2.14. The molecule has 6 heteroatoms. The Morgan fingerprint density at radius 3 is 2.23 bits per heavy atom. The normalized spacial score (nSPS) is 10.3. The van der Waals surface area contributed by atoms with E-state index in [-0.39, 0.29) is 5.91 Å². The van der Waals surface area contributed by atoms with E-state index < -0.39 is 0 Å². The molecule has 0 saturated heterocycles. The van der Waals surface area contributed by atoms with Crippen molar-refractivity contribution in [2.75, 3.05) is 17.7 Å². The molecule has 3 rings (SSSR count). The van der Waals surface area contributed by atoms with Gasteiger partial charge in [0.1, 0.15) is 5.75 Å². The van der Waals surface area contributed by atoms with E-state index in [0.717, 1.165) is 5.69 Å². The third kappa shape index (κ3) is 4.48. The SMILES string of the molecule is COc1ccc(C(=O)Nc2ccccc2)cc1Nc1cc(Cl)cc(Cl)c1. The molecule has 3 aromatic carbocycles. The lowest BCUT2D eigenvalue weighted by atomic mass is 10.1. The predicted molar refractivity (Wildman–Crippen MR) is 107 cm³/mol. The van der Waals surface area contributed by atoms with Crippen LogP contribution in [0.3, 0.4) is 0 Å². The number of carbonyl (C=O) groups is 1. The van der Waals surface area contributed by atoms with Gasteiger partial charge in [-0.15, -0.1) is 0 Å². The maximum atomic E-state index is 12.5. The van der Waals surface area contributed by atoms with E-state index in [4.69, 9.17) is 27.9 Å². The van der Waals surface area contributed by atoms with E-state index >= 15 is 0 Å². The van der Waals surface area contributed by atoms with Crippen LogP contribution in [0.25, 0.3) is 0 Å². The third-order valence-corrected chi connectivity index (χ3v) is 4.07. The zero-order valence-corrected chi connectivity index (χ0v) is 15.4. The molecule has 0 aliphatic heterocycles. The molecule has 4 nitrogen and oxygen atoms in total. The van der Waals surface area contributed by atoms with Crippen LogP contribution in [-0.4, -0.2) is 13.0 Å². The van der Waals surface area contributed by atoms with E-state index in [1.54, 1.807) is 43.5 Å².